The molecule has 108 valence electrons. The van der Waals surface area contributed by atoms with Gasteiger partial charge in [-0.3, -0.25) is 0 Å². The normalized spacial score (nSPS) is 12.5. The smallest absolute Gasteiger partial charge is 0.120 e. The van der Waals surface area contributed by atoms with Crippen LogP contribution >= 0.6 is 11.3 Å². The largest absolute Gasteiger partial charge is 0.489 e. The van der Waals surface area contributed by atoms with Gasteiger partial charge in [-0.1, -0.05) is 30.3 Å². The fourth-order valence-electron chi connectivity index (χ4n) is 2.35. The molecule has 0 saturated heterocycles. The van der Waals surface area contributed by atoms with Crippen LogP contribution < -0.4 is 10.1 Å². The van der Waals surface area contributed by atoms with Gasteiger partial charge in [0.2, 0.25) is 0 Å². The van der Waals surface area contributed by atoms with Crippen LogP contribution in [0.3, 0.4) is 0 Å². The van der Waals surface area contributed by atoms with Gasteiger partial charge in [0, 0.05) is 16.3 Å². The Morgan fingerprint density at radius 1 is 1.14 bits per heavy atom. The van der Waals surface area contributed by atoms with E-state index in [-0.39, 0.29) is 0 Å². The van der Waals surface area contributed by atoms with Gasteiger partial charge < -0.3 is 10.1 Å². The molecule has 2 aromatic carbocycles. The Hall–Kier alpha value is -1.84. The number of hydrogen-bond donors (Lipinski definition) is 1. The van der Waals surface area contributed by atoms with Gasteiger partial charge in [-0.2, -0.15) is 0 Å². The molecule has 0 aliphatic heterocycles. The minimum absolute atomic E-state index is 0.329. The molecule has 0 amide bonds. The molecule has 1 aromatic heterocycles. The SMILES string of the molecule is CNC(C)c1cccc(OCc2csc3ccccc23)c1. The number of nitrogens with one attached hydrogen (secondary N) is 1. The summed E-state index contributed by atoms with van der Waals surface area (Å²) < 4.78 is 7.29. The molecule has 1 unspecified atom stereocenters. The molecule has 1 atom stereocenters. The maximum atomic E-state index is 5.97. The first-order valence-corrected chi connectivity index (χ1v) is 8.01. The summed E-state index contributed by atoms with van der Waals surface area (Å²) in [5, 5.41) is 6.73. The van der Waals surface area contributed by atoms with E-state index in [2.05, 4.69) is 54.0 Å². The number of rotatable bonds is 5. The van der Waals surface area contributed by atoms with Gasteiger partial charge in [-0.25, -0.2) is 0 Å². The van der Waals surface area contributed by atoms with Crippen molar-refractivity contribution in [3.05, 3.63) is 65.0 Å². The first-order valence-electron chi connectivity index (χ1n) is 7.13. The summed E-state index contributed by atoms with van der Waals surface area (Å²) >= 11 is 1.77. The van der Waals surface area contributed by atoms with Crippen LogP contribution in [-0.2, 0) is 6.61 Å². The van der Waals surface area contributed by atoms with Gasteiger partial charge in [0.15, 0.2) is 0 Å². The van der Waals surface area contributed by atoms with E-state index in [9.17, 15) is 0 Å². The molecule has 0 saturated carbocycles. The van der Waals surface area contributed by atoms with Crippen LogP contribution in [0.4, 0.5) is 0 Å². The molecule has 0 fully saturated rings. The molecular weight excluding hydrogens is 278 g/mol. The van der Waals surface area contributed by atoms with Gasteiger partial charge in [-0.05, 0) is 48.5 Å². The lowest BCUT2D eigenvalue weighted by Gasteiger charge is -2.12. The Morgan fingerprint density at radius 2 is 2.00 bits per heavy atom. The van der Waals surface area contributed by atoms with Crippen LogP contribution in [0, 0.1) is 0 Å². The van der Waals surface area contributed by atoms with Crippen LogP contribution in [0.15, 0.2) is 53.9 Å². The van der Waals surface area contributed by atoms with Gasteiger partial charge in [0.05, 0.1) is 0 Å². The molecule has 0 spiro atoms. The van der Waals surface area contributed by atoms with E-state index in [1.165, 1.54) is 21.2 Å². The van der Waals surface area contributed by atoms with E-state index in [0.717, 1.165) is 5.75 Å². The lowest BCUT2D eigenvalue weighted by atomic mass is 10.1. The van der Waals surface area contributed by atoms with Crippen LogP contribution in [0.1, 0.15) is 24.1 Å². The Morgan fingerprint density at radius 3 is 2.86 bits per heavy atom. The van der Waals surface area contributed by atoms with E-state index < -0.39 is 0 Å². The molecule has 2 nitrogen and oxygen atoms in total. The van der Waals surface area contributed by atoms with Crippen LogP contribution in [0.25, 0.3) is 10.1 Å². The Kier molecular flexibility index (Phi) is 4.23. The van der Waals surface area contributed by atoms with Crippen molar-refractivity contribution in [3.8, 4) is 5.75 Å². The zero-order chi connectivity index (χ0) is 14.7. The third-order valence-corrected chi connectivity index (χ3v) is 4.76. The molecule has 3 aromatic rings. The fourth-order valence-corrected chi connectivity index (χ4v) is 3.29. The van der Waals surface area contributed by atoms with Crippen LogP contribution in [0.2, 0.25) is 0 Å². The summed E-state index contributed by atoms with van der Waals surface area (Å²) in [7, 11) is 1.97. The predicted octanol–water partition coefficient (Wildman–Crippen LogP) is 4.76. The topological polar surface area (TPSA) is 21.3 Å². The Balaban J connectivity index is 1.76. The second-order valence-corrected chi connectivity index (χ2v) is 6.04. The van der Waals surface area contributed by atoms with Crippen molar-refractivity contribution in [3.63, 3.8) is 0 Å². The monoisotopic (exact) mass is 297 g/mol. The molecule has 21 heavy (non-hydrogen) atoms. The average molecular weight is 297 g/mol. The molecule has 3 rings (SSSR count). The summed E-state index contributed by atoms with van der Waals surface area (Å²) in [6.07, 6.45) is 0. The van der Waals surface area contributed by atoms with Crippen molar-refractivity contribution in [2.75, 3.05) is 7.05 Å². The molecule has 3 heteroatoms. The van der Waals surface area contributed by atoms with Gasteiger partial charge in [0.25, 0.3) is 0 Å². The summed E-state index contributed by atoms with van der Waals surface area (Å²) in [4.78, 5) is 0. The van der Waals surface area contributed by atoms with Crippen molar-refractivity contribution >= 4 is 21.4 Å². The van der Waals surface area contributed by atoms with Crippen molar-refractivity contribution in [1.82, 2.24) is 5.32 Å². The van der Waals surface area contributed by atoms with E-state index in [1.54, 1.807) is 11.3 Å². The summed E-state index contributed by atoms with van der Waals surface area (Å²) in [6, 6.07) is 17.1. The van der Waals surface area contributed by atoms with Gasteiger partial charge in [0.1, 0.15) is 12.4 Å². The minimum Gasteiger partial charge on any atom is -0.489 e. The summed E-state index contributed by atoms with van der Waals surface area (Å²) in [5.41, 5.74) is 2.49. The second kappa shape index (κ2) is 6.29. The number of hydrogen-bond acceptors (Lipinski definition) is 3. The highest BCUT2D eigenvalue weighted by Crippen LogP contribution is 2.27. The fraction of sp³-hybridized carbons (Fsp3) is 0.222. The quantitative estimate of drug-likeness (QED) is 0.733. The average Bonchev–Trinajstić information content (AvgIpc) is 2.95. The van der Waals surface area contributed by atoms with Crippen LogP contribution in [-0.4, -0.2) is 7.05 Å². The van der Waals surface area contributed by atoms with Crippen molar-refractivity contribution in [1.29, 1.82) is 0 Å². The Labute approximate surface area is 129 Å². The number of ether oxygens (including phenoxy) is 1. The van der Waals surface area contributed by atoms with Gasteiger partial charge in [-0.15, -0.1) is 11.3 Å². The molecule has 1 N–H and O–H groups in total. The standard InChI is InChI=1S/C18H19NOS/c1-13(19-2)14-6-5-7-16(10-14)20-11-15-12-21-18-9-4-3-8-17(15)18/h3-10,12-13,19H,11H2,1-2H3. The summed E-state index contributed by atoms with van der Waals surface area (Å²) in [5.74, 6) is 0.921. The molecule has 0 radical (unpaired) electrons. The lowest BCUT2D eigenvalue weighted by Crippen LogP contribution is -2.12. The highest BCUT2D eigenvalue weighted by atomic mass is 32.1. The maximum absolute atomic E-state index is 5.97. The minimum atomic E-state index is 0.329. The molecular formula is C18H19NOS. The van der Waals surface area contributed by atoms with E-state index >= 15 is 0 Å². The first kappa shape index (κ1) is 14.1. The van der Waals surface area contributed by atoms with E-state index in [1.807, 2.05) is 19.2 Å². The van der Waals surface area contributed by atoms with Crippen molar-refractivity contribution in [2.45, 2.75) is 19.6 Å². The van der Waals surface area contributed by atoms with E-state index in [0.29, 0.717) is 12.6 Å². The van der Waals surface area contributed by atoms with Crippen molar-refractivity contribution < 1.29 is 4.74 Å². The number of thiophene rings is 1. The highest BCUT2D eigenvalue weighted by Gasteiger charge is 2.06. The lowest BCUT2D eigenvalue weighted by molar-refractivity contribution is 0.307. The highest BCUT2D eigenvalue weighted by molar-refractivity contribution is 7.17. The predicted molar refractivity (Wildman–Crippen MR) is 90.1 cm³/mol. The third-order valence-electron chi connectivity index (χ3n) is 3.75. The number of fused-ring (bicyclic) bond motifs is 1. The van der Waals surface area contributed by atoms with Crippen LogP contribution in [0.5, 0.6) is 5.75 Å². The van der Waals surface area contributed by atoms with Gasteiger partial charge >= 0.3 is 0 Å². The zero-order valence-electron chi connectivity index (χ0n) is 12.3. The third kappa shape index (κ3) is 3.09. The van der Waals surface area contributed by atoms with E-state index in [4.69, 9.17) is 4.74 Å². The molecule has 0 aliphatic carbocycles. The molecule has 0 aliphatic rings. The maximum Gasteiger partial charge on any atom is 0.120 e. The zero-order valence-corrected chi connectivity index (χ0v) is 13.1. The first-order chi connectivity index (χ1) is 10.3. The second-order valence-electron chi connectivity index (χ2n) is 5.13. The number of benzene rings is 2. The summed E-state index contributed by atoms with van der Waals surface area (Å²) in [6.45, 7) is 2.76. The molecule has 0 bridgehead atoms. The molecule has 1 heterocycles. The Bertz CT molecular complexity index is 735. The van der Waals surface area contributed by atoms with Crippen molar-refractivity contribution in [2.24, 2.45) is 0 Å².